The first-order valence-corrected chi connectivity index (χ1v) is 12.8. The first-order valence-electron chi connectivity index (χ1n) is 11.3. The topological polar surface area (TPSA) is 83.6 Å². The van der Waals surface area contributed by atoms with Crippen LogP contribution < -0.4 is 5.32 Å². The number of hydrogen-bond acceptors (Lipinski definition) is 4. The lowest BCUT2D eigenvalue weighted by Gasteiger charge is -2.17. The Morgan fingerprint density at radius 2 is 1.54 bits per heavy atom. The Morgan fingerprint density at radius 3 is 2.20 bits per heavy atom. The van der Waals surface area contributed by atoms with E-state index in [1.807, 2.05) is 52.0 Å². The summed E-state index contributed by atoms with van der Waals surface area (Å²) in [5.41, 5.74) is 6.60. The monoisotopic (exact) mass is 488 g/mol. The van der Waals surface area contributed by atoms with Crippen LogP contribution in [0.5, 0.6) is 0 Å². The van der Waals surface area contributed by atoms with Gasteiger partial charge in [-0.2, -0.15) is 0 Å². The molecule has 0 aliphatic carbocycles. The molecule has 1 aliphatic rings. The Hall–Kier alpha value is -3.71. The van der Waals surface area contributed by atoms with Gasteiger partial charge in [0, 0.05) is 16.8 Å². The lowest BCUT2D eigenvalue weighted by molar-refractivity contribution is -0.122. The third-order valence-corrected chi connectivity index (χ3v) is 8.53. The summed E-state index contributed by atoms with van der Waals surface area (Å²) in [4.78, 5) is 25.7. The van der Waals surface area contributed by atoms with E-state index in [0.717, 1.165) is 32.2 Å². The van der Waals surface area contributed by atoms with Crippen molar-refractivity contribution < 1.29 is 18.0 Å². The maximum Gasteiger partial charge on any atom is 0.268 e. The van der Waals surface area contributed by atoms with Crippen molar-refractivity contribution in [3.63, 3.8) is 0 Å². The largest absolute Gasteiger partial charge is 0.322 e. The van der Waals surface area contributed by atoms with E-state index in [-0.39, 0.29) is 22.9 Å². The molecular weight excluding hydrogens is 460 g/mol. The van der Waals surface area contributed by atoms with E-state index in [1.54, 1.807) is 43.3 Å². The minimum absolute atomic E-state index is 0.0510. The molecule has 180 valence electrons. The van der Waals surface area contributed by atoms with Gasteiger partial charge in [0.05, 0.1) is 6.54 Å². The Bertz CT molecular complexity index is 1490. The molecule has 2 amide bonds. The fourth-order valence-electron chi connectivity index (χ4n) is 4.11. The molecule has 3 aromatic carbocycles. The molecule has 0 atom stereocenters. The van der Waals surface area contributed by atoms with Crippen LogP contribution in [0.2, 0.25) is 0 Å². The second-order valence-electron chi connectivity index (χ2n) is 8.97. The Balaban J connectivity index is 1.54. The van der Waals surface area contributed by atoms with E-state index < -0.39 is 15.9 Å². The summed E-state index contributed by atoms with van der Waals surface area (Å²) in [6.07, 6.45) is 0. The highest BCUT2D eigenvalue weighted by Crippen LogP contribution is 2.37. The number of amides is 2. The molecule has 0 fully saturated rings. The van der Waals surface area contributed by atoms with Gasteiger partial charge < -0.3 is 5.32 Å². The highest BCUT2D eigenvalue weighted by Gasteiger charge is 2.42. The van der Waals surface area contributed by atoms with Crippen LogP contribution in [0.3, 0.4) is 0 Å². The number of rotatable bonds is 5. The van der Waals surface area contributed by atoms with Crippen molar-refractivity contribution in [1.29, 1.82) is 0 Å². The molecule has 0 unspecified atom stereocenters. The molecule has 0 saturated heterocycles. The number of anilines is 1. The number of nitrogens with zero attached hydrogens (tertiary/aromatic N) is 1. The third-order valence-electron chi connectivity index (χ3n) is 6.60. The van der Waals surface area contributed by atoms with Crippen molar-refractivity contribution >= 4 is 32.4 Å². The summed E-state index contributed by atoms with van der Waals surface area (Å²) in [7, 11) is -4.00. The molecule has 0 spiro atoms. The first-order chi connectivity index (χ1) is 16.5. The second-order valence-corrected chi connectivity index (χ2v) is 10.8. The summed E-state index contributed by atoms with van der Waals surface area (Å²) in [5.74, 6) is -0.792. The number of sulfonamides is 1. The van der Waals surface area contributed by atoms with Crippen LogP contribution in [0.1, 0.15) is 50.7 Å². The van der Waals surface area contributed by atoms with Crippen LogP contribution in [0, 0.1) is 27.7 Å². The van der Waals surface area contributed by atoms with Crippen molar-refractivity contribution in [3.8, 4) is 0 Å². The molecule has 4 rings (SSSR count). The molecule has 0 saturated carbocycles. The SMILES string of the molecule is CC1=C(c2ccc(C)c(C)c2)S(=O)(=O)N(Cc2ccc(C(=O)Nc3cccc(C)c3C)cc2)C1=O. The summed E-state index contributed by atoms with van der Waals surface area (Å²) >= 11 is 0. The maximum atomic E-state index is 13.3. The van der Waals surface area contributed by atoms with Crippen molar-refractivity contribution in [3.05, 3.63) is 105 Å². The summed E-state index contributed by atoms with van der Waals surface area (Å²) in [6.45, 7) is 9.23. The zero-order chi connectivity index (χ0) is 25.5. The molecule has 6 nitrogen and oxygen atoms in total. The molecular formula is C28H28N2O4S. The van der Waals surface area contributed by atoms with E-state index in [0.29, 0.717) is 16.7 Å². The Morgan fingerprint density at radius 1 is 0.857 bits per heavy atom. The number of carbonyl (C=O) groups excluding carboxylic acids is 2. The number of aryl methyl sites for hydroxylation is 3. The molecule has 35 heavy (non-hydrogen) atoms. The minimum Gasteiger partial charge on any atom is -0.322 e. The minimum atomic E-state index is -4.00. The predicted molar refractivity (Wildman–Crippen MR) is 138 cm³/mol. The summed E-state index contributed by atoms with van der Waals surface area (Å²) in [5, 5.41) is 2.91. The number of benzene rings is 3. The molecule has 1 aliphatic heterocycles. The van der Waals surface area contributed by atoms with Gasteiger partial charge in [-0.3, -0.25) is 9.59 Å². The lowest BCUT2D eigenvalue weighted by Crippen LogP contribution is -2.30. The van der Waals surface area contributed by atoms with Gasteiger partial charge in [0.25, 0.3) is 21.8 Å². The average Bonchev–Trinajstić information content (AvgIpc) is 2.98. The normalized spacial score (nSPS) is 15.0. The molecule has 0 bridgehead atoms. The number of carbonyl (C=O) groups is 2. The van der Waals surface area contributed by atoms with Gasteiger partial charge in [-0.05, 0) is 86.2 Å². The van der Waals surface area contributed by atoms with Gasteiger partial charge in [0.2, 0.25) is 0 Å². The molecule has 0 radical (unpaired) electrons. The molecule has 3 aromatic rings. The van der Waals surface area contributed by atoms with Crippen molar-refractivity contribution in [2.75, 3.05) is 5.32 Å². The number of nitrogens with one attached hydrogen (secondary N) is 1. The molecule has 7 heteroatoms. The van der Waals surface area contributed by atoms with Crippen LogP contribution in [-0.2, 0) is 21.4 Å². The Kier molecular flexibility index (Phi) is 6.38. The van der Waals surface area contributed by atoms with Gasteiger partial charge in [-0.1, -0.05) is 42.5 Å². The molecule has 1 heterocycles. The fourth-order valence-corrected chi connectivity index (χ4v) is 5.90. The first kappa shape index (κ1) is 24.4. The van der Waals surface area contributed by atoms with E-state index in [9.17, 15) is 18.0 Å². The quantitative estimate of drug-likeness (QED) is 0.530. The number of hydrogen-bond donors (Lipinski definition) is 1. The Labute approximate surface area is 206 Å². The smallest absolute Gasteiger partial charge is 0.268 e. The highest BCUT2D eigenvalue weighted by atomic mass is 32.2. The van der Waals surface area contributed by atoms with Crippen LogP contribution in [0.4, 0.5) is 5.69 Å². The van der Waals surface area contributed by atoms with Crippen molar-refractivity contribution in [1.82, 2.24) is 4.31 Å². The zero-order valence-corrected chi connectivity index (χ0v) is 21.3. The fraction of sp³-hybridized carbons (Fsp3) is 0.214. The van der Waals surface area contributed by atoms with Crippen LogP contribution in [0.15, 0.2) is 66.2 Å². The van der Waals surface area contributed by atoms with Gasteiger partial charge in [-0.15, -0.1) is 0 Å². The molecule has 1 N–H and O–H groups in total. The maximum absolute atomic E-state index is 13.3. The molecule has 0 aromatic heterocycles. The van der Waals surface area contributed by atoms with Crippen LogP contribution in [0.25, 0.3) is 4.91 Å². The second kappa shape index (κ2) is 9.15. The van der Waals surface area contributed by atoms with Gasteiger partial charge in [-0.25, -0.2) is 12.7 Å². The van der Waals surface area contributed by atoms with E-state index in [2.05, 4.69) is 5.32 Å². The van der Waals surface area contributed by atoms with Crippen molar-refractivity contribution in [2.24, 2.45) is 0 Å². The van der Waals surface area contributed by atoms with Crippen LogP contribution >= 0.6 is 0 Å². The van der Waals surface area contributed by atoms with Gasteiger partial charge in [0.15, 0.2) is 0 Å². The van der Waals surface area contributed by atoms with E-state index >= 15 is 0 Å². The van der Waals surface area contributed by atoms with E-state index in [4.69, 9.17) is 0 Å². The third kappa shape index (κ3) is 4.51. The summed E-state index contributed by atoms with van der Waals surface area (Å²) in [6, 6.07) is 17.7. The van der Waals surface area contributed by atoms with Gasteiger partial charge >= 0.3 is 0 Å². The van der Waals surface area contributed by atoms with Gasteiger partial charge in [0.1, 0.15) is 4.91 Å². The van der Waals surface area contributed by atoms with E-state index in [1.165, 1.54) is 0 Å². The summed E-state index contributed by atoms with van der Waals surface area (Å²) < 4.78 is 27.6. The van der Waals surface area contributed by atoms with Crippen LogP contribution in [-0.4, -0.2) is 24.5 Å². The van der Waals surface area contributed by atoms with Crippen molar-refractivity contribution in [2.45, 2.75) is 41.2 Å². The lowest BCUT2D eigenvalue weighted by atomic mass is 10.0. The standard InChI is InChI=1S/C28H28N2O4S/c1-17-9-12-24(15-19(17)3)26-21(5)28(32)30(35(26,33)34)16-22-10-13-23(14-11-22)27(31)29-25-8-6-7-18(2)20(25)4/h6-15H,16H2,1-5H3,(H,29,31). The average molecular weight is 489 g/mol. The predicted octanol–water partition coefficient (Wildman–Crippen LogP) is 5.28. The highest BCUT2D eigenvalue weighted by molar-refractivity contribution is 7.99. The zero-order valence-electron chi connectivity index (χ0n) is 20.5.